The van der Waals surface area contributed by atoms with E-state index in [1.807, 2.05) is 6.07 Å². The Hall–Kier alpha value is -1.39. The second-order valence-electron chi connectivity index (χ2n) is 4.11. The van der Waals surface area contributed by atoms with Crippen LogP contribution in [-0.4, -0.2) is 36.5 Å². The third-order valence-corrected chi connectivity index (χ3v) is 2.82. The SMILES string of the molecule is O=C(O[C@H]1CC[C@H](CO)OC1)c1ccccc1. The summed E-state index contributed by atoms with van der Waals surface area (Å²) < 4.78 is 10.7. The Morgan fingerprint density at radius 3 is 2.71 bits per heavy atom. The van der Waals surface area contributed by atoms with E-state index >= 15 is 0 Å². The smallest absolute Gasteiger partial charge is 0.338 e. The van der Waals surface area contributed by atoms with Gasteiger partial charge in [0.2, 0.25) is 0 Å². The average molecular weight is 236 g/mol. The van der Waals surface area contributed by atoms with Gasteiger partial charge in [-0.25, -0.2) is 4.79 Å². The van der Waals surface area contributed by atoms with Gasteiger partial charge in [0.25, 0.3) is 0 Å². The number of carbonyl (C=O) groups is 1. The van der Waals surface area contributed by atoms with Crippen LogP contribution in [-0.2, 0) is 9.47 Å². The number of carbonyl (C=O) groups excluding carboxylic acids is 1. The molecule has 1 heterocycles. The van der Waals surface area contributed by atoms with Crippen molar-refractivity contribution in [2.45, 2.75) is 25.0 Å². The molecule has 2 rings (SSSR count). The molecular weight excluding hydrogens is 220 g/mol. The molecule has 1 aliphatic heterocycles. The molecule has 0 saturated carbocycles. The van der Waals surface area contributed by atoms with Crippen molar-refractivity contribution in [1.82, 2.24) is 0 Å². The minimum Gasteiger partial charge on any atom is -0.456 e. The van der Waals surface area contributed by atoms with Gasteiger partial charge in [-0.2, -0.15) is 0 Å². The second-order valence-corrected chi connectivity index (χ2v) is 4.11. The molecule has 1 N–H and O–H groups in total. The van der Waals surface area contributed by atoms with Crippen LogP contribution >= 0.6 is 0 Å². The number of aliphatic hydroxyl groups excluding tert-OH is 1. The van der Waals surface area contributed by atoms with Crippen molar-refractivity contribution in [3.05, 3.63) is 35.9 Å². The maximum Gasteiger partial charge on any atom is 0.338 e. The Balaban J connectivity index is 1.84. The van der Waals surface area contributed by atoms with Crippen molar-refractivity contribution in [2.24, 2.45) is 0 Å². The van der Waals surface area contributed by atoms with E-state index in [1.165, 1.54) is 0 Å². The summed E-state index contributed by atoms with van der Waals surface area (Å²) in [7, 11) is 0. The first-order valence-electron chi connectivity index (χ1n) is 5.78. The van der Waals surface area contributed by atoms with E-state index in [4.69, 9.17) is 14.6 Å². The van der Waals surface area contributed by atoms with E-state index in [-0.39, 0.29) is 24.8 Å². The summed E-state index contributed by atoms with van der Waals surface area (Å²) in [5, 5.41) is 8.90. The van der Waals surface area contributed by atoms with Crippen molar-refractivity contribution in [2.75, 3.05) is 13.2 Å². The van der Waals surface area contributed by atoms with E-state index in [1.54, 1.807) is 24.3 Å². The molecule has 17 heavy (non-hydrogen) atoms. The Kier molecular flexibility index (Phi) is 4.12. The quantitative estimate of drug-likeness (QED) is 0.806. The first-order chi connectivity index (χ1) is 8.29. The van der Waals surface area contributed by atoms with Crippen LogP contribution in [0.4, 0.5) is 0 Å². The van der Waals surface area contributed by atoms with Crippen molar-refractivity contribution < 1.29 is 19.4 Å². The van der Waals surface area contributed by atoms with Crippen LogP contribution < -0.4 is 0 Å². The molecule has 1 saturated heterocycles. The van der Waals surface area contributed by atoms with Crippen LogP contribution in [0.5, 0.6) is 0 Å². The van der Waals surface area contributed by atoms with Crippen LogP contribution in [0.3, 0.4) is 0 Å². The Labute approximate surface area is 100 Å². The number of hydrogen-bond donors (Lipinski definition) is 1. The van der Waals surface area contributed by atoms with Crippen molar-refractivity contribution >= 4 is 5.97 Å². The maximum absolute atomic E-state index is 11.7. The predicted molar refractivity (Wildman–Crippen MR) is 61.7 cm³/mol. The third-order valence-electron chi connectivity index (χ3n) is 2.82. The van der Waals surface area contributed by atoms with Crippen molar-refractivity contribution in [3.63, 3.8) is 0 Å². The maximum atomic E-state index is 11.7. The summed E-state index contributed by atoms with van der Waals surface area (Å²) in [6.45, 7) is 0.392. The predicted octanol–water partition coefficient (Wildman–Crippen LogP) is 1.38. The number of benzene rings is 1. The number of esters is 1. The summed E-state index contributed by atoms with van der Waals surface area (Å²) in [5.74, 6) is -0.318. The zero-order valence-corrected chi connectivity index (χ0v) is 9.54. The molecule has 4 nitrogen and oxygen atoms in total. The third kappa shape index (κ3) is 3.28. The van der Waals surface area contributed by atoms with Crippen LogP contribution in [0.15, 0.2) is 30.3 Å². The lowest BCUT2D eigenvalue weighted by Gasteiger charge is -2.27. The van der Waals surface area contributed by atoms with E-state index in [0.29, 0.717) is 12.2 Å². The van der Waals surface area contributed by atoms with Crippen molar-refractivity contribution in [3.8, 4) is 0 Å². The standard InChI is InChI=1S/C13H16O4/c14-8-11-6-7-12(9-16-11)17-13(15)10-4-2-1-3-5-10/h1-5,11-12,14H,6-9H2/t11-,12+/m1/s1. The summed E-state index contributed by atoms with van der Waals surface area (Å²) >= 11 is 0. The highest BCUT2D eigenvalue weighted by Crippen LogP contribution is 2.17. The summed E-state index contributed by atoms with van der Waals surface area (Å²) in [6, 6.07) is 8.91. The van der Waals surface area contributed by atoms with Crippen LogP contribution in [0.1, 0.15) is 23.2 Å². The van der Waals surface area contributed by atoms with Crippen LogP contribution in [0.25, 0.3) is 0 Å². The first-order valence-corrected chi connectivity index (χ1v) is 5.78. The van der Waals surface area contributed by atoms with Gasteiger partial charge < -0.3 is 14.6 Å². The molecule has 0 unspecified atom stereocenters. The van der Waals surface area contributed by atoms with E-state index in [9.17, 15) is 4.79 Å². The first kappa shape index (κ1) is 12.1. The van der Waals surface area contributed by atoms with Gasteiger partial charge in [0.1, 0.15) is 6.10 Å². The molecule has 1 fully saturated rings. The largest absolute Gasteiger partial charge is 0.456 e. The topological polar surface area (TPSA) is 55.8 Å². The molecule has 0 aliphatic carbocycles. The van der Waals surface area contributed by atoms with Gasteiger partial charge in [-0.3, -0.25) is 0 Å². The van der Waals surface area contributed by atoms with E-state index < -0.39 is 0 Å². The van der Waals surface area contributed by atoms with E-state index in [0.717, 1.165) is 12.8 Å². The van der Waals surface area contributed by atoms with Gasteiger partial charge >= 0.3 is 5.97 Å². The van der Waals surface area contributed by atoms with Gasteiger partial charge in [-0.15, -0.1) is 0 Å². The minimum atomic E-state index is -0.318. The lowest BCUT2D eigenvalue weighted by molar-refractivity contribution is -0.0810. The lowest BCUT2D eigenvalue weighted by atomic mass is 10.1. The summed E-state index contributed by atoms with van der Waals surface area (Å²) in [5.41, 5.74) is 0.553. The number of ether oxygens (including phenoxy) is 2. The molecule has 1 aromatic rings. The molecule has 92 valence electrons. The number of aliphatic hydroxyl groups is 1. The summed E-state index contributed by atoms with van der Waals surface area (Å²) in [6.07, 6.45) is 1.15. The Morgan fingerprint density at radius 1 is 1.35 bits per heavy atom. The Bertz CT molecular complexity index is 355. The monoisotopic (exact) mass is 236 g/mol. The molecule has 0 amide bonds. The molecule has 0 spiro atoms. The molecule has 0 aromatic heterocycles. The van der Waals surface area contributed by atoms with Gasteiger partial charge in [-0.1, -0.05) is 18.2 Å². The highest BCUT2D eigenvalue weighted by atomic mass is 16.6. The molecule has 4 heteroatoms. The van der Waals surface area contributed by atoms with Gasteiger partial charge in [-0.05, 0) is 25.0 Å². The van der Waals surface area contributed by atoms with Gasteiger partial charge in [0, 0.05) is 0 Å². The molecule has 1 aliphatic rings. The fraction of sp³-hybridized carbons (Fsp3) is 0.462. The Morgan fingerprint density at radius 2 is 2.12 bits per heavy atom. The zero-order valence-electron chi connectivity index (χ0n) is 9.54. The normalized spacial score (nSPS) is 24.3. The molecule has 0 radical (unpaired) electrons. The summed E-state index contributed by atoms with van der Waals surface area (Å²) in [4.78, 5) is 11.7. The lowest BCUT2D eigenvalue weighted by Crippen LogP contribution is -2.34. The van der Waals surface area contributed by atoms with Crippen LogP contribution in [0.2, 0.25) is 0 Å². The minimum absolute atomic E-state index is 0.0271. The van der Waals surface area contributed by atoms with Crippen molar-refractivity contribution in [1.29, 1.82) is 0 Å². The molecular formula is C13H16O4. The van der Waals surface area contributed by atoms with E-state index in [2.05, 4.69) is 0 Å². The molecule has 0 bridgehead atoms. The average Bonchev–Trinajstić information content (AvgIpc) is 2.40. The van der Waals surface area contributed by atoms with Gasteiger partial charge in [0.15, 0.2) is 0 Å². The van der Waals surface area contributed by atoms with Crippen LogP contribution in [0, 0.1) is 0 Å². The molecule has 1 aromatic carbocycles. The fourth-order valence-corrected chi connectivity index (χ4v) is 1.81. The number of rotatable bonds is 3. The van der Waals surface area contributed by atoms with Gasteiger partial charge in [0.05, 0.1) is 24.9 Å². The second kappa shape index (κ2) is 5.80. The number of hydrogen-bond acceptors (Lipinski definition) is 4. The highest BCUT2D eigenvalue weighted by Gasteiger charge is 2.24. The molecule has 2 atom stereocenters. The fourth-order valence-electron chi connectivity index (χ4n) is 1.81. The zero-order chi connectivity index (χ0) is 12.1. The highest BCUT2D eigenvalue weighted by molar-refractivity contribution is 5.89.